The van der Waals surface area contributed by atoms with Gasteiger partial charge in [0, 0.05) is 18.1 Å². The van der Waals surface area contributed by atoms with Crippen molar-refractivity contribution in [1.29, 1.82) is 0 Å². The molecule has 0 aliphatic carbocycles. The highest BCUT2D eigenvalue weighted by Crippen LogP contribution is 2.20. The van der Waals surface area contributed by atoms with E-state index >= 15 is 0 Å². The Labute approximate surface area is 120 Å². The van der Waals surface area contributed by atoms with Crippen LogP contribution in [0, 0.1) is 0 Å². The predicted octanol–water partition coefficient (Wildman–Crippen LogP) is 3.58. The van der Waals surface area contributed by atoms with Crippen LogP contribution in [-0.4, -0.2) is 38.1 Å². The van der Waals surface area contributed by atoms with Crippen LogP contribution in [0.4, 0.5) is 0 Å². The Kier molecular flexibility index (Phi) is 8.87. The largest absolute Gasteiger partial charge is 0.495 e. The Morgan fingerprint density at radius 2 is 2.00 bits per heavy atom. The first-order chi connectivity index (χ1) is 9.83. The minimum Gasteiger partial charge on any atom is -0.495 e. The van der Waals surface area contributed by atoms with Gasteiger partial charge >= 0.3 is 0 Å². The average Bonchev–Trinajstić information content (AvgIpc) is 2.46. The Hall–Kier alpha value is -1.23. The predicted molar refractivity (Wildman–Crippen MR) is 77.3 cm³/mol. The molecule has 1 rings (SSSR count). The van der Waals surface area contributed by atoms with Gasteiger partial charge in [0.15, 0.2) is 0 Å². The maximum atomic E-state index is 8.72. The Balaban J connectivity index is 2.51. The van der Waals surface area contributed by atoms with Crippen molar-refractivity contribution in [1.82, 2.24) is 0 Å². The second-order valence-corrected chi connectivity index (χ2v) is 4.82. The van der Waals surface area contributed by atoms with Gasteiger partial charge in [0.1, 0.15) is 12.1 Å². The van der Waals surface area contributed by atoms with Gasteiger partial charge in [-0.05, 0) is 24.4 Å². The normalized spacial score (nSPS) is 25.0. The zero-order valence-corrected chi connectivity index (χ0v) is 12.4. The SMILES string of the molecule is CCCCOCC1OC=C[C@@H](OCCCC)[C@H]1N=[N+]=[N-]. The lowest BCUT2D eigenvalue weighted by atomic mass is 10.0. The zero-order chi connectivity index (χ0) is 14.6. The third-order valence-corrected chi connectivity index (χ3v) is 3.16. The second kappa shape index (κ2) is 10.5. The van der Waals surface area contributed by atoms with Crippen molar-refractivity contribution in [3.05, 3.63) is 22.8 Å². The molecule has 6 heteroatoms. The van der Waals surface area contributed by atoms with Gasteiger partial charge in [0.25, 0.3) is 0 Å². The molecule has 3 atom stereocenters. The van der Waals surface area contributed by atoms with Crippen LogP contribution in [0.5, 0.6) is 0 Å². The van der Waals surface area contributed by atoms with Crippen molar-refractivity contribution < 1.29 is 14.2 Å². The lowest BCUT2D eigenvalue weighted by Gasteiger charge is -2.31. The highest BCUT2D eigenvalue weighted by atomic mass is 16.5. The number of hydrogen-bond acceptors (Lipinski definition) is 4. The molecule has 0 bridgehead atoms. The van der Waals surface area contributed by atoms with Gasteiger partial charge in [-0.3, -0.25) is 0 Å². The van der Waals surface area contributed by atoms with E-state index in [2.05, 4.69) is 23.9 Å². The van der Waals surface area contributed by atoms with Gasteiger partial charge in [-0.2, -0.15) is 0 Å². The van der Waals surface area contributed by atoms with E-state index in [4.69, 9.17) is 19.7 Å². The van der Waals surface area contributed by atoms with E-state index in [1.807, 2.05) is 0 Å². The summed E-state index contributed by atoms with van der Waals surface area (Å²) in [5, 5.41) is 3.82. The zero-order valence-electron chi connectivity index (χ0n) is 12.4. The second-order valence-electron chi connectivity index (χ2n) is 4.82. The maximum absolute atomic E-state index is 8.72. The van der Waals surface area contributed by atoms with E-state index in [0.29, 0.717) is 19.8 Å². The minimum atomic E-state index is -0.372. The summed E-state index contributed by atoms with van der Waals surface area (Å²) < 4.78 is 16.8. The van der Waals surface area contributed by atoms with E-state index in [-0.39, 0.29) is 18.2 Å². The summed E-state index contributed by atoms with van der Waals surface area (Å²) in [5.41, 5.74) is 8.72. The van der Waals surface area contributed by atoms with Crippen molar-refractivity contribution in [2.45, 2.75) is 57.8 Å². The van der Waals surface area contributed by atoms with E-state index < -0.39 is 0 Å². The lowest BCUT2D eigenvalue weighted by Crippen LogP contribution is -2.42. The standard InChI is InChI=1S/C14H25N3O3/c1-3-5-8-18-11-13-14(16-17-15)12(7-10-20-13)19-9-6-4-2/h7,10,12-14H,3-6,8-9,11H2,1-2H3/t12-,13?,14-/m1/s1. The Bertz CT molecular complexity index is 330. The van der Waals surface area contributed by atoms with Crippen molar-refractivity contribution in [2.75, 3.05) is 19.8 Å². The molecule has 0 fully saturated rings. The number of nitrogens with zero attached hydrogens (tertiary/aromatic N) is 3. The number of rotatable bonds is 10. The highest BCUT2D eigenvalue weighted by Gasteiger charge is 2.32. The molecule has 0 aromatic rings. The fourth-order valence-corrected chi connectivity index (χ4v) is 1.93. The summed E-state index contributed by atoms with van der Waals surface area (Å²) in [6.45, 7) is 6.00. The van der Waals surface area contributed by atoms with Crippen LogP contribution in [0.3, 0.4) is 0 Å². The van der Waals surface area contributed by atoms with Gasteiger partial charge in [-0.15, -0.1) is 0 Å². The van der Waals surface area contributed by atoms with Crippen molar-refractivity contribution in [3.8, 4) is 0 Å². The molecule has 1 unspecified atom stereocenters. The van der Waals surface area contributed by atoms with E-state index in [0.717, 1.165) is 25.7 Å². The third-order valence-electron chi connectivity index (χ3n) is 3.16. The molecule has 114 valence electrons. The average molecular weight is 283 g/mol. The molecule has 1 heterocycles. The molecule has 0 amide bonds. The van der Waals surface area contributed by atoms with Crippen LogP contribution in [0.15, 0.2) is 17.5 Å². The molecular weight excluding hydrogens is 258 g/mol. The first-order valence-electron chi connectivity index (χ1n) is 7.39. The van der Waals surface area contributed by atoms with Crippen LogP contribution in [-0.2, 0) is 14.2 Å². The van der Waals surface area contributed by atoms with Crippen molar-refractivity contribution in [2.24, 2.45) is 5.11 Å². The van der Waals surface area contributed by atoms with Gasteiger partial charge in [-0.25, -0.2) is 0 Å². The Morgan fingerprint density at radius 1 is 1.25 bits per heavy atom. The lowest BCUT2D eigenvalue weighted by molar-refractivity contribution is -0.0404. The molecule has 6 nitrogen and oxygen atoms in total. The van der Waals surface area contributed by atoms with Crippen LogP contribution < -0.4 is 0 Å². The topological polar surface area (TPSA) is 76.5 Å². The summed E-state index contributed by atoms with van der Waals surface area (Å²) >= 11 is 0. The van der Waals surface area contributed by atoms with E-state index in [1.54, 1.807) is 12.3 Å². The molecule has 0 aromatic carbocycles. The molecule has 1 aliphatic heterocycles. The molecule has 0 aromatic heterocycles. The van der Waals surface area contributed by atoms with Crippen LogP contribution in [0.2, 0.25) is 0 Å². The number of ether oxygens (including phenoxy) is 3. The minimum absolute atomic E-state index is 0.231. The summed E-state index contributed by atoms with van der Waals surface area (Å²) in [6, 6.07) is -0.372. The first kappa shape index (κ1) is 16.8. The van der Waals surface area contributed by atoms with Crippen molar-refractivity contribution in [3.63, 3.8) is 0 Å². The fraction of sp³-hybridized carbons (Fsp3) is 0.857. The van der Waals surface area contributed by atoms with Crippen LogP contribution >= 0.6 is 0 Å². The van der Waals surface area contributed by atoms with Crippen LogP contribution in [0.25, 0.3) is 10.4 Å². The monoisotopic (exact) mass is 283 g/mol. The summed E-state index contributed by atoms with van der Waals surface area (Å²) in [7, 11) is 0. The summed E-state index contributed by atoms with van der Waals surface area (Å²) in [4.78, 5) is 2.91. The first-order valence-corrected chi connectivity index (χ1v) is 7.39. The maximum Gasteiger partial charge on any atom is 0.132 e. The Morgan fingerprint density at radius 3 is 2.70 bits per heavy atom. The molecule has 1 aliphatic rings. The molecule has 0 saturated heterocycles. The molecule has 0 saturated carbocycles. The quantitative estimate of drug-likeness (QED) is 0.266. The number of azide groups is 1. The van der Waals surface area contributed by atoms with E-state index in [9.17, 15) is 0 Å². The van der Waals surface area contributed by atoms with Gasteiger partial charge in [0.05, 0.1) is 19.0 Å². The van der Waals surface area contributed by atoms with Gasteiger partial charge in [0.2, 0.25) is 0 Å². The van der Waals surface area contributed by atoms with Crippen molar-refractivity contribution >= 4 is 0 Å². The molecule has 20 heavy (non-hydrogen) atoms. The number of unbranched alkanes of at least 4 members (excludes halogenated alkanes) is 2. The molecule has 0 radical (unpaired) electrons. The molecule has 0 spiro atoms. The smallest absolute Gasteiger partial charge is 0.132 e. The van der Waals surface area contributed by atoms with Gasteiger partial charge in [-0.1, -0.05) is 31.8 Å². The van der Waals surface area contributed by atoms with Gasteiger partial charge < -0.3 is 14.2 Å². The van der Waals surface area contributed by atoms with E-state index in [1.165, 1.54) is 0 Å². The molecule has 0 N–H and O–H groups in total. The summed E-state index contributed by atoms with van der Waals surface area (Å²) in [5.74, 6) is 0. The third kappa shape index (κ3) is 5.82. The molecular formula is C14H25N3O3. The summed E-state index contributed by atoms with van der Waals surface area (Å²) in [6.07, 6.45) is 7.09. The highest BCUT2D eigenvalue weighted by molar-refractivity contribution is 5.02. The van der Waals surface area contributed by atoms with Crippen LogP contribution in [0.1, 0.15) is 39.5 Å². The number of hydrogen-bond donors (Lipinski definition) is 0. The fourth-order valence-electron chi connectivity index (χ4n) is 1.93.